The number of carbonyl (C=O) groups is 1. The number of hydrogen-bond donors (Lipinski definition) is 1. The summed E-state index contributed by atoms with van der Waals surface area (Å²) >= 11 is 5.83. The third-order valence-corrected chi connectivity index (χ3v) is 2.25. The number of nitrogens with one attached hydrogen (secondary N) is 1. The predicted octanol–water partition coefficient (Wildman–Crippen LogP) is 2.16. The van der Waals surface area contributed by atoms with E-state index in [2.05, 4.69) is 5.32 Å². The largest absolute Gasteiger partial charge is 0.493 e. The summed E-state index contributed by atoms with van der Waals surface area (Å²) in [5.74, 6) is 0.695. The lowest BCUT2D eigenvalue weighted by Gasteiger charge is -2.08. The number of amides is 1. The van der Waals surface area contributed by atoms with E-state index in [4.69, 9.17) is 16.3 Å². The van der Waals surface area contributed by atoms with E-state index in [1.165, 1.54) is 0 Å². The molecule has 0 fully saturated rings. The number of carbonyl (C=O) groups excluding carboxylic acids is 1. The molecule has 0 atom stereocenters. The zero-order valence-corrected chi connectivity index (χ0v) is 9.60. The molecule has 82 valence electrons. The van der Waals surface area contributed by atoms with E-state index >= 15 is 0 Å². The molecule has 0 aromatic heterocycles. The molecule has 1 aromatic rings. The maximum atomic E-state index is 10.9. The van der Waals surface area contributed by atoms with E-state index in [9.17, 15) is 4.79 Å². The molecule has 0 unspecified atom stereocenters. The van der Waals surface area contributed by atoms with Crippen molar-refractivity contribution in [3.63, 3.8) is 0 Å². The number of hydrogen-bond acceptors (Lipinski definition) is 2. The van der Waals surface area contributed by atoms with Crippen molar-refractivity contribution in [3.05, 3.63) is 28.8 Å². The lowest BCUT2D eigenvalue weighted by molar-refractivity contribution is -0.121. The minimum Gasteiger partial charge on any atom is -0.493 e. The van der Waals surface area contributed by atoms with Gasteiger partial charge in [0.25, 0.3) is 0 Å². The lowest BCUT2D eigenvalue weighted by Crippen LogP contribution is -2.20. The number of rotatable bonds is 4. The Morgan fingerprint density at radius 3 is 2.93 bits per heavy atom. The molecule has 15 heavy (non-hydrogen) atoms. The number of aryl methyl sites for hydroxylation is 1. The first-order chi connectivity index (χ1) is 7.13. The van der Waals surface area contributed by atoms with Gasteiger partial charge in [-0.05, 0) is 24.6 Å². The molecule has 1 amide bonds. The molecule has 0 aliphatic heterocycles. The predicted molar refractivity (Wildman–Crippen MR) is 60.4 cm³/mol. The molecule has 1 rings (SSSR count). The van der Waals surface area contributed by atoms with Gasteiger partial charge in [0.1, 0.15) is 5.75 Å². The summed E-state index contributed by atoms with van der Waals surface area (Å²) in [5, 5.41) is 3.17. The Morgan fingerprint density at radius 2 is 2.27 bits per heavy atom. The van der Waals surface area contributed by atoms with Crippen LogP contribution in [0.4, 0.5) is 0 Å². The fourth-order valence-corrected chi connectivity index (χ4v) is 1.27. The molecule has 0 bridgehead atoms. The number of ether oxygens (including phenoxy) is 1. The minimum absolute atomic E-state index is 0.0327. The van der Waals surface area contributed by atoms with Gasteiger partial charge in [-0.2, -0.15) is 0 Å². The van der Waals surface area contributed by atoms with E-state index in [1.807, 2.05) is 19.1 Å². The van der Waals surface area contributed by atoms with Crippen LogP contribution < -0.4 is 10.1 Å². The van der Waals surface area contributed by atoms with Gasteiger partial charge in [0.2, 0.25) is 5.91 Å². The second-order valence-electron chi connectivity index (χ2n) is 3.18. The highest BCUT2D eigenvalue weighted by molar-refractivity contribution is 6.30. The van der Waals surface area contributed by atoms with Gasteiger partial charge in [-0.15, -0.1) is 0 Å². The smallest absolute Gasteiger partial charge is 0.223 e. The van der Waals surface area contributed by atoms with Gasteiger partial charge < -0.3 is 10.1 Å². The zero-order chi connectivity index (χ0) is 11.3. The van der Waals surface area contributed by atoms with Crippen molar-refractivity contribution in [1.82, 2.24) is 5.32 Å². The standard InChI is InChI=1S/C11H14ClNO2/c1-8-3-4-9(12)7-10(8)15-6-5-11(14)13-2/h3-4,7H,5-6H2,1-2H3,(H,13,14). The minimum atomic E-state index is -0.0327. The van der Waals surface area contributed by atoms with Crippen molar-refractivity contribution in [2.45, 2.75) is 13.3 Å². The van der Waals surface area contributed by atoms with E-state index in [0.29, 0.717) is 18.1 Å². The molecule has 3 nitrogen and oxygen atoms in total. The van der Waals surface area contributed by atoms with E-state index in [1.54, 1.807) is 13.1 Å². The first-order valence-corrected chi connectivity index (χ1v) is 5.11. The van der Waals surface area contributed by atoms with Crippen molar-refractivity contribution in [1.29, 1.82) is 0 Å². The van der Waals surface area contributed by atoms with Crippen molar-refractivity contribution >= 4 is 17.5 Å². The zero-order valence-electron chi connectivity index (χ0n) is 8.84. The first kappa shape index (κ1) is 11.9. The summed E-state index contributed by atoms with van der Waals surface area (Å²) in [5.41, 5.74) is 1.01. The Morgan fingerprint density at radius 1 is 1.53 bits per heavy atom. The average molecular weight is 228 g/mol. The van der Waals surface area contributed by atoms with Crippen LogP contribution in [0.3, 0.4) is 0 Å². The normalized spacial score (nSPS) is 9.80. The van der Waals surface area contributed by atoms with Crippen LogP contribution in [0.1, 0.15) is 12.0 Å². The Balaban J connectivity index is 2.50. The molecule has 4 heteroatoms. The molecule has 0 aliphatic rings. The van der Waals surface area contributed by atoms with Gasteiger partial charge >= 0.3 is 0 Å². The van der Waals surface area contributed by atoms with Gasteiger partial charge in [-0.3, -0.25) is 4.79 Å². The summed E-state index contributed by atoms with van der Waals surface area (Å²) in [6.07, 6.45) is 0.350. The second-order valence-corrected chi connectivity index (χ2v) is 3.62. The van der Waals surface area contributed by atoms with Crippen LogP contribution in [0, 0.1) is 6.92 Å². The van der Waals surface area contributed by atoms with Crippen LogP contribution in [0.25, 0.3) is 0 Å². The number of benzene rings is 1. The van der Waals surface area contributed by atoms with Crippen molar-refractivity contribution in [2.75, 3.05) is 13.7 Å². The van der Waals surface area contributed by atoms with Crippen LogP contribution >= 0.6 is 11.6 Å². The highest BCUT2D eigenvalue weighted by Gasteiger charge is 2.02. The lowest BCUT2D eigenvalue weighted by atomic mass is 10.2. The Labute approximate surface area is 94.4 Å². The van der Waals surface area contributed by atoms with Gasteiger partial charge in [0, 0.05) is 12.1 Å². The summed E-state index contributed by atoms with van der Waals surface area (Å²) in [4.78, 5) is 10.9. The summed E-state index contributed by atoms with van der Waals surface area (Å²) in [7, 11) is 1.60. The maximum absolute atomic E-state index is 10.9. The summed E-state index contributed by atoms with van der Waals surface area (Å²) in [6, 6.07) is 5.45. The molecular formula is C11H14ClNO2. The molecule has 0 saturated carbocycles. The van der Waals surface area contributed by atoms with Crippen molar-refractivity contribution in [2.24, 2.45) is 0 Å². The fourth-order valence-electron chi connectivity index (χ4n) is 1.11. The van der Waals surface area contributed by atoms with Gasteiger partial charge in [0.05, 0.1) is 13.0 Å². The van der Waals surface area contributed by atoms with Crippen molar-refractivity contribution < 1.29 is 9.53 Å². The first-order valence-electron chi connectivity index (χ1n) is 4.73. The van der Waals surface area contributed by atoms with E-state index in [0.717, 1.165) is 11.3 Å². The van der Waals surface area contributed by atoms with Gasteiger partial charge in [0.15, 0.2) is 0 Å². The number of halogens is 1. The van der Waals surface area contributed by atoms with Crippen LogP contribution in [-0.4, -0.2) is 19.6 Å². The molecule has 0 spiro atoms. The Bertz CT molecular complexity index is 352. The molecule has 0 radical (unpaired) electrons. The maximum Gasteiger partial charge on any atom is 0.223 e. The van der Waals surface area contributed by atoms with E-state index in [-0.39, 0.29) is 5.91 Å². The van der Waals surface area contributed by atoms with Crippen LogP contribution in [0.5, 0.6) is 5.75 Å². The van der Waals surface area contributed by atoms with Crippen molar-refractivity contribution in [3.8, 4) is 5.75 Å². The van der Waals surface area contributed by atoms with Gasteiger partial charge in [-0.1, -0.05) is 17.7 Å². The molecule has 0 heterocycles. The van der Waals surface area contributed by atoms with Gasteiger partial charge in [-0.25, -0.2) is 0 Å². The molecule has 1 N–H and O–H groups in total. The highest BCUT2D eigenvalue weighted by atomic mass is 35.5. The fraction of sp³-hybridized carbons (Fsp3) is 0.364. The Kier molecular flexibility index (Phi) is 4.43. The van der Waals surface area contributed by atoms with Crippen LogP contribution in [-0.2, 0) is 4.79 Å². The quantitative estimate of drug-likeness (QED) is 0.856. The topological polar surface area (TPSA) is 38.3 Å². The second kappa shape index (κ2) is 5.61. The Hall–Kier alpha value is -1.22. The molecule has 0 aliphatic carbocycles. The molecular weight excluding hydrogens is 214 g/mol. The molecule has 0 saturated heterocycles. The monoisotopic (exact) mass is 227 g/mol. The third kappa shape index (κ3) is 3.80. The summed E-state index contributed by atoms with van der Waals surface area (Å²) in [6.45, 7) is 2.30. The van der Waals surface area contributed by atoms with Crippen LogP contribution in [0.15, 0.2) is 18.2 Å². The molecule has 1 aromatic carbocycles. The summed E-state index contributed by atoms with van der Waals surface area (Å²) < 4.78 is 5.44. The SMILES string of the molecule is CNC(=O)CCOc1cc(Cl)ccc1C. The average Bonchev–Trinajstić information content (AvgIpc) is 2.23. The highest BCUT2D eigenvalue weighted by Crippen LogP contribution is 2.22. The van der Waals surface area contributed by atoms with Crippen LogP contribution in [0.2, 0.25) is 5.02 Å². The van der Waals surface area contributed by atoms with E-state index < -0.39 is 0 Å². The third-order valence-electron chi connectivity index (χ3n) is 2.02.